The molecule has 4 atom stereocenters. The van der Waals surface area contributed by atoms with E-state index in [1.807, 2.05) is 62.4 Å². The molecule has 8 aliphatic heterocycles. The maximum Gasteiger partial charge on any atom is 0.410 e. The van der Waals surface area contributed by atoms with Gasteiger partial charge in [0.25, 0.3) is 0 Å². The highest BCUT2D eigenvalue weighted by molar-refractivity contribution is 5.79. The van der Waals surface area contributed by atoms with Crippen LogP contribution in [0.2, 0.25) is 0 Å². The second kappa shape index (κ2) is 30.8. The van der Waals surface area contributed by atoms with Gasteiger partial charge in [-0.25, -0.2) is 28.8 Å². The molecule has 24 nitrogen and oxygen atoms in total. The van der Waals surface area contributed by atoms with Crippen LogP contribution in [0.1, 0.15) is 151 Å². The summed E-state index contributed by atoms with van der Waals surface area (Å²) in [6.07, 6.45) is 21.8. The smallest absolute Gasteiger partial charge is 0.410 e. The molecule has 556 valence electrons. The van der Waals surface area contributed by atoms with E-state index in [1.54, 1.807) is 9.80 Å². The number of hydrogen-bond donors (Lipinski definition) is 6. The van der Waals surface area contributed by atoms with Gasteiger partial charge in [-0.1, -0.05) is 36.1 Å². The number of nitrogens with zero attached hydrogens (tertiary/aromatic N) is 10. The van der Waals surface area contributed by atoms with Crippen LogP contribution in [0.15, 0.2) is 92.0 Å². The lowest BCUT2D eigenvalue weighted by Crippen LogP contribution is -2.52. The fourth-order valence-corrected chi connectivity index (χ4v) is 18.3. The molecule has 4 unspecified atom stereocenters. The zero-order valence-electron chi connectivity index (χ0n) is 62.3. The summed E-state index contributed by atoms with van der Waals surface area (Å²) in [4.78, 5) is 99.9. The maximum absolute atomic E-state index is 12.6. The second-order valence-electron chi connectivity index (χ2n) is 31.9. The van der Waals surface area contributed by atoms with Crippen molar-refractivity contribution >= 4 is 56.3 Å². The van der Waals surface area contributed by atoms with Crippen LogP contribution in [0.25, 0.3) is 44.1 Å². The predicted octanol–water partition coefficient (Wildman–Crippen LogP) is 9.07. The number of rotatable bonds is 10. The number of likely N-dealkylation sites (tertiary alicyclic amines) is 6. The molecule has 0 bridgehead atoms. The van der Waals surface area contributed by atoms with Gasteiger partial charge in [-0.3, -0.25) is 37.9 Å². The molecular formula is C80H108N16O8. The molecule has 0 radical (unpaired) electrons. The number of benzene rings is 4. The summed E-state index contributed by atoms with van der Waals surface area (Å²) in [7, 11) is 0. The number of nitrogens with one attached hydrogen (secondary N) is 6. The minimum Gasteiger partial charge on any atom is -0.436 e. The minimum absolute atomic E-state index is 0.0102. The molecule has 8 saturated heterocycles. The van der Waals surface area contributed by atoms with Gasteiger partial charge in [0.1, 0.15) is 0 Å². The summed E-state index contributed by atoms with van der Waals surface area (Å²) in [5.74, 6) is 4.67. The van der Waals surface area contributed by atoms with Gasteiger partial charge in [0, 0.05) is 138 Å². The van der Waals surface area contributed by atoms with Crippen LogP contribution >= 0.6 is 0 Å². The Hall–Kier alpha value is -8.62. The fraction of sp³-hybridized carbons (Fsp3) is 0.575. The Bertz CT molecular complexity index is 4720. The summed E-state index contributed by atoms with van der Waals surface area (Å²) < 4.78 is 18.0. The van der Waals surface area contributed by atoms with Crippen molar-refractivity contribution in [3.05, 3.63) is 137 Å². The van der Waals surface area contributed by atoms with Gasteiger partial charge >= 0.3 is 34.9 Å². The number of aryl methyl sites for hydroxylation is 4. The molecule has 6 N–H and O–H groups in total. The molecular weight excluding hydrogens is 1310 g/mol. The Labute approximate surface area is 609 Å². The van der Waals surface area contributed by atoms with Gasteiger partial charge < -0.3 is 49.8 Å². The number of piperidine rings is 4. The van der Waals surface area contributed by atoms with Gasteiger partial charge in [-0.15, -0.1) is 12.8 Å². The first-order chi connectivity index (χ1) is 50.0. The number of carbonyl (C=O) groups excluding carboxylic acids is 2. The lowest BCUT2D eigenvalue weighted by Gasteiger charge is -2.43. The van der Waals surface area contributed by atoms with Crippen molar-refractivity contribution < 1.29 is 19.1 Å². The molecule has 0 saturated carbocycles. The van der Waals surface area contributed by atoms with Crippen LogP contribution < -0.4 is 33.4 Å². The largest absolute Gasteiger partial charge is 0.436 e. The number of aromatic amines is 4. The molecule has 104 heavy (non-hydrogen) atoms. The van der Waals surface area contributed by atoms with Crippen LogP contribution in [0.4, 0.5) is 9.59 Å². The molecule has 12 heterocycles. The Morgan fingerprint density at radius 2 is 0.702 bits per heavy atom. The van der Waals surface area contributed by atoms with Crippen molar-refractivity contribution in [3.8, 4) is 24.7 Å². The fourth-order valence-electron chi connectivity index (χ4n) is 18.3. The highest BCUT2D eigenvalue weighted by Gasteiger charge is 2.45. The highest BCUT2D eigenvalue weighted by atomic mass is 16.6. The Balaban J connectivity index is 0.000000124. The Morgan fingerprint density at radius 1 is 0.404 bits per heavy atom. The van der Waals surface area contributed by atoms with Crippen molar-refractivity contribution in [2.45, 2.75) is 179 Å². The van der Waals surface area contributed by atoms with Crippen molar-refractivity contribution in [3.63, 3.8) is 0 Å². The molecule has 4 aromatic carbocycles. The monoisotopic (exact) mass is 1420 g/mol. The van der Waals surface area contributed by atoms with E-state index in [-0.39, 0.29) is 71.3 Å². The van der Waals surface area contributed by atoms with Crippen molar-refractivity contribution in [2.24, 2.45) is 0 Å². The molecule has 0 spiro atoms. The number of ether oxygens (including phenoxy) is 2. The maximum atomic E-state index is 12.6. The third-order valence-corrected chi connectivity index (χ3v) is 24.5. The molecule has 4 aromatic heterocycles. The van der Waals surface area contributed by atoms with Crippen molar-refractivity contribution in [1.82, 2.24) is 78.2 Å². The van der Waals surface area contributed by atoms with Gasteiger partial charge in [0.15, 0.2) is 13.2 Å². The number of aromatic nitrogens is 8. The van der Waals surface area contributed by atoms with E-state index in [0.29, 0.717) is 49.3 Å². The zero-order chi connectivity index (χ0) is 73.2. The number of carbonyl (C=O) groups is 2. The third kappa shape index (κ3) is 15.4. The topological polar surface area (TPSA) is 247 Å². The van der Waals surface area contributed by atoms with Crippen LogP contribution in [-0.4, -0.2) is 220 Å². The van der Waals surface area contributed by atoms with Crippen molar-refractivity contribution in [1.29, 1.82) is 0 Å². The van der Waals surface area contributed by atoms with E-state index in [1.165, 1.54) is 24.0 Å². The number of imidazole rings is 4. The second-order valence-corrected chi connectivity index (χ2v) is 31.9. The predicted molar refractivity (Wildman–Crippen MR) is 410 cm³/mol. The number of hydrogen-bond acceptors (Lipinski definition) is 14. The quantitative estimate of drug-likeness (QED) is 0.0700. The molecule has 8 aliphatic rings. The van der Waals surface area contributed by atoms with Crippen LogP contribution in [0.5, 0.6) is 0 Å². The van der Waals surface area contributed by atoms with E-state index in [0.717, 1.165) is 198 Å². The number of fused-ring (bicyclic) bond motifs is 4. The number of H-pyrrole nitrogens is 4. The SMILES string of the molecule is C#CCOC(=O)N1CCC(C)(N2CCC(n3c(=O)[nH]c4cc(C)ccc43)CC2)C1.C#CCOC(=O)N1CCC(C)(N2CCC(n3c(=O)[nH]c4ccc(C)cc43)CC2)C1.Cc1ccc2[nH]c(=O)n(C3CCN(C4(C)CCNC4)CC3)c2c1.Cc1ccc2c(c1)[nH]c(=O)n2C1CCN(C2(C)CCNC2)CC1. The molecule has 8 aromatic rings. The summed E-state index contributed by atoms with van der Waals surface area (Å²) in [5, 5.41) is 6.97. The molecule has 8 fully saturated rings. The highest BCUT2D eigenvalue weighted by Crippen LogP contribution is 2.38. The molecule has 2 amide bonds. The van der Waals surface area contributed by atoms with Gasteiger partial charge in [-0.2, -0.15) is 0 Å². The van der Waals surface area contributed by atoms with Crippen molar-refractivity contribution in [2.75, 3.05) is 118 Å². The Kier molecular flexibility index (Phi) is 21.8. The lowest BCUT2D eigenvalue weighted by molar-refractivity contribution is 0.0650. The summed E-state index contributed by atoms with van der Waals surface area (Å²) in [5.41, 5.74) is 12.9. The first kappa shape index (κ1) is 73.7. The summed E-state index contributed by atoms with van der Waals surface area (Å²) in [6.45, 7) is 32.4. The lowest BCUT2D eigenvalue weighted by atomic mass is 9.93. The molecule has 16 rings (SSSR count). The average molecular weight is 1420 g/mol. The third-order valence-electron chi connectivity index (χ3n) is 24.5. The normalized spacial score (nSPS) is 25.0. The number of amides is 2. The minimum atomic E-state index is -0.331. The average Bonchev–Trinajstić information content (AvgIpc) is 1.65. The first-order valence-corrected chi connectivity index (χ1v) is 37.9. The summed E-state index contributed by atoms with van der Waals surface area (Å²) in [6, 6.07) is 25.6. The first-order valence-electron chi connectivity index (χ1n) is 37.9. The van der Waals surface area contributed by atoms with Gasteiger partial charge in [-0.05, 0) is 216 Å². The van der Waals surface area contributed by atoms with Gasteiger partial charge in [0.2, 0.25) is 0 Å². The molecule has 0 aliphatic carbocycles. The van der Waals surface area contributed by atoms with E-state index in [4.69, 9.17) is 22.3 Å². The Morgan fingerprint density at radius 3 is 1.02 bits per heavy atom. The standard InChI is InChI=1S/2C22H28N4O3.2C18H26N4O/c1-4-13-29-21(28)24-12-9-22(3,15-24)25-10-7-17(8-11-25)26-19-6-5-16(2)14-18(19)23-20(26)27;1-4-13-29-21(28)24-12-9-22(3,15-24)25-10-7-17(8-11-25)26-19-14-16(2)5-6-18(19)23-20(26)27;1-13-3-4-16-15(11-13)20-17(23)22(16)14-5-9-21(10-6-14)18(2)7-8-19-12-18;1-13-3-4-15-16(11-13)22(17(23)20-15)14-5-9-21(10-6-14)18(2)7-8-19-12-18/h2*1,5-6,14,17H,7-13,15H2,2-3H3,(H,23,27);2*3-4,11,14,19H,5-10,12H2,1-2H3,(H,20,23). The van der Waals surface area contributed by atoms with Crippen LogP contribution in [0, 0.1) is 52.4 Å². The van der Waals surface area contributed by atoms with E-state index in [9.17, 15) is 28.8 Å². The van der Waals surface area contributed by atoms with Crippen LogP contribution in [0.3, 0.4) is 0 Å². The number of terminal acetylenes is 2. The van der Waals surface area contributed by atoms with Crippen LogP contribution in [-0.2, 0) is 9.47 Å². The van der Waals surface area contributed by atoms with E-state index >= 15 is 0 Å². The van der Waals surface area contributed by atoms with E-state index in [2.05, 4.69) is 146 Å². The summed E-state index contributed by atoms with van der Waals surface area (Å²) >= 11 is 0. The van der Waals surface area contributed by atoms with E-state index < -0.39 is 0 Å². The molecule has 24 heteroatoms. The zero-order valence-corrected chi connectivity index (χ0v) is 62.3. The van der Waals surface area contributed by atoms with Gasteiger partial charge in [0.05, 0.1) is 44.1 Å².